The van der Waals surface area contributed by atoms with Crippen LogP contribution in [-0.2, 0) is 14.4 Å². The standard InChI is InChI=1S/C41H33Cl2N3O3/c1-28(29-15-5-2-6-16-29)46-26-33(25-32-21-11-13-23-35(32)42)41(47-39(45-49-41)31-19-9-4-10-20-31)40(27-46)37(34-22-12-14-24-36(34)43)38(44-48-40)30-17-7-3-8-18-30/h2-25,28,37H,26-27H2,1H3/b33-25-/t28-,37-,40?,41+/m1/s1. The Morgan fingerprint density at radius 1 is 0.714 bits per heavy atom. The molecule has 3 heterocycles. The molecule has 0 radical (unpaired) electrons. The molecule has 3 aliphatic heterocycles. The maximum atomic E-state index is 7.10. The van der Waals surface area contributed by atoms with Crippen LogP contribution in [-0.4, -0.2) is 41.0 Å². The van der Waals surface area contributed by atoms with Crippen LogP contribution in [0.1, 0.15) is 46.7 Å². The molecule has 3 aliphatic rings. The van der Waals surface area contributed by atoms with Crippen molar-refractivity contribution in [1.82, 2.24) is 4.90 Å². The van der Waals surface area contributed by atoms with E-state index in [-0.39, 0.29) is 6.04 Å². The Labute approximate surface area is 295 Å². The Bertz CT molecular complexity index is 2070. The quantitative estimate of drug-likeness (QED) is 0.179. The molecule has 0 bridgehead atoms. The summed E-state index contributed by atoms with van der Waals surface area (Å²) in [6.45, 7) is 3.05. The topological polar surface area (TPSA) is 55.7 Å². The molecule has 244 valence electrons. The third-order valence-electron chi connectivity index (χ3n) is 9.71. The summed E-state index contributed by atoms with van der Waals surface area (Å²) in [5.41, 5.74) is 4.71. The molecule has 5 aromatic rings. The molecule has 0 aliphatic carbocycles. The van der Waals surface area contributed by atoms with Gasteiger partial charge in [-0.1, -0.05) is 144 Å². The Kier molecular flexibility index (Phi) is 8.24. The first kappa shape index (κ1) is 31.4. The second-order valence-corrected chi connectivity index (χ2v) is 13.3. The van der Waals surface area contributed by atoms with E-state index in [0.717, 1.165) is 39.1 Å². The van der Waals surface area contributed by atoms with Crippen LogP contribution in [0, 0.1) is 0 Å². The Hall–Kier alpha value is -4.88. The molecule has 4 atom stereocenters. The summed E-state index contributed by atoms with van der Waals surface area (Å²) < 4.78 is 7.10. The van der Waals surface area contributed by atoms with Crippen molar-refractivity contribution in [1.29, 1.82) is 0 Å². The van der Waals surface area contributed by atoms with Crippen LogP contribution in [0.5, 0.6) is 0 Å². The Morgan fingerprint density at radius 3 is 2.02 bits per heavy atom. The van der Waals surface area contributed by atoms with Crippen LogP contribution < -0.4 is 0 Å². The first-order valence-corrected chi connectivity index (χ1v) is 17.1. The highest BCUT2D eigenvalue weighted by Gasteiger charge is 2.74. The minimum absolute atomic E-state index is 0.0164. The van der Waals surface area contributed by atoms with Gasteiger partial charge in [-0.15, -0.1) is 0 Å². The molecule has 1 unspecified atom stereocenters. The number of oxime groups is 2. The summed E-state index contributed by atoms with van der Waals surface area (Å²) in [6.07, 6.45) is 2.05. The maximum Gasteiger partial charge on any atom is 0.346 e. The summed E-state index contributed by atoms with van der Waals surface area (Å²) in [5.74, 6) is -1.74. The second kappa shape index (κ2) is 12.9. The van der Waals surface area contributed by atoms with Crippen LogP contribution >= 0.6 is 23.2 Å². The fraction of sp³-hybridized carbons (Fsp3) is 0.171. The molecular weight excluding hydrogens is 653 g/mol. The zero-order valence-corrected chi connectivity index (χ0v) is 28.3. The van der Waals surface area contributed by atoms with E-state index in [1.165, 1.54) is 0 Å². The molecule has 2 spiro atoms. The zero-order chi connectivity index (χ0) is 33.4. The lowest BCUT2D eigenvalue weighted by atomic mass is 9.68. The summed E-state index contributed by atoms with van der Waals surface area (Å²) >= 11 is 13.9. The average Bonchev–Trinajstić information content (AvgIpc) is 3.76. The van der Waals surface area contributed by atoms with Crippen molar-refractivity contribution in [2.75, 3.05) is 13.1 Å². The van der Waals surface area contributed by atoms with E-state index in [1.807, 2.05) is 121 Å². The van der Waals surface area contributed by atoms with Gasteiger partial charge in [-0.2, -0.15) is 0 Å². The number of benzene rings is 5. The van der Waals surface area contributed by atoms with Gasteiger partial charge in [0.2, 0.25) is 5.60 Å². The first-order chi connectivity index (χ1) is 24.0. The number of piperidine rings is 1. The number of ether oxygens (including phenoxy) is 1. The van der Waals surface area contributed by atoms with Crippen molar-refractivity contribution in [3.05, 3.63) is 183 Å². The van der Waals surface area contributed by atoms with Gasteiger partial charge in [0.1, 0.15) is 0 Å². The van der Waals surface area contributed by atoms with E-state index in [9.17, 15) is 0 Å². The molecular formula is C41H33Cl2N3O3. The number of likely N-dealkylation sites (tertiary alicyclic amines) is 1. The monoisotopic (exact) mass is 685 g/mol. The lowest BCUT2D eigenvalue weighted by Crippen LogP contribution is -2.70. The Balaban J connectivity index is 1.38. The number of hydrogen-bond donors (Lipinski definition) is 0. The van der Waals surface area contributed by atoms with Gasteiger partial charge in [-0.05, 0) is 59.1 Å². The van der Waals surface area contributed by atoms with Crippen LogP contribution in [0.15, 0.2) is 155 Å². The smallest absolute Gasteiger partial charge is 0.346 e. The fourth-order valence-corrected chi connectivity index (χ4v) is 7.65. The molecule has 1 fully saturated rings. The summed E-state index contributed by atoms with van der Waals surface area (Å²) in [4.78, 5) is 16.0. The molecule has 8 heteroatoms. The number of rotatable bonds is 6. The summed E-state index contributed by atoms with van der Waals surface area (Å²) in [5, 5.41) is 10.7. The van der Waals surface area contributed by atoms with Gasteiger partial charge in [0.15, 0.2) is 0 Å². The largest absolute Gasteiger partial charge is 0.422 e. The van der Waals surface area contributed by atoms with Gasteiger partial charge in [0.05, 0.1) is 18.2 Å². The number of halogens is 2. The minimum Gasteiger partial charge on any atom is -0.422 e. The van der Waals surface area contributed by atoms with Crippen molar-refractivity contribution in [3.8, 4) is 0 Å². The number of hydrogen-bond acceptors (Lipinski definition) is 6. The van der Waals surface area contributed by atoms with E-state index >= 15 is 0 Å². The average molecular weight is 687 g/mol. The normalized spacial score (nSPS) is 24.6. The highest BCUT2D eigenvalue weighted by atomic mass is 35.5. The minimum atomic E-state index is -1.56. The van der Waals surface area contributed by atoms with Gasteiger partial charge in [-0.25, -0.2) is 0 Å². The molecule has 8 rings (SSSR count). The van der Waals surface area contributed by atoms with Gasteiger partial charge in [0, 0.05) is 39.3 Å². The lowest BCUT2D eigenvalue weighted by molar-refractivity contribution is -0.279. The van der Waals surface area contributed by atoms with E-state index in [1.54, 1.807) is 0 Å². The van der Waals surface area contributed by atoms with E-state index in [2.05, 4.69) is 41.2 Å². The van der Waals surface area contributed by atoms with E-state index in [0.29, 0.717) is 29.0 Å². The molecule has 0 aromatic heterocycles. The molecule has 0 amide bonds. The van der Waals surface area contributed by atoms with E-state index in [4.69, 9.17) is 42.8 Å². The molecule has 0 N–H and O–H groups in total. The molecule has 0 saturated carbocycles. The highest BCUT2D eigenvalue weighted by molar-refractivity contribution is 6.32. The van der Waals surface area contributed by atoms with Crippen LogP contribution in [0.3, 0.4) is 0 Å². The van der Waals surface area contributed by atoms with Crippen molar-refractivity contribution in [2.45, 2.75) is 30.3 Å². The molecule has 1 saturated heterocycles. The van der Waals surface area contributed by atoms with Crippen LogP contribution in [0.4, 0.5) is 0 Å². The predicted molar refractivity (Wildman–Crippen MR) is 195 cm³/mol. The van der Waals surface area contributed by atoms with Crippen molar-refractivity contribution in [2.24, 2.45) is 10.3 Å². The number of fused-ring (bicyclic) bond motifs is 1. The third kappa shape index (κ3) is 5.41. The van der Waals surface area contributed by atoms with Gasteiger partial charge in [-0.3, -0.25) is 4.90 Å². The highest BCUT2D eigenvalue weighted by Crippen LogP contribution is 2.57. The lowest BCUT2D eigenvalue weighted by Gasteiger charge is -2.52. The molecule has 49 heavy (non-hydrogen) atoms. The van der Waals surface area contributed by atoms with Crippen molar-refractivity contribution < 1.29 is 14.4 Å². The van der Waals surface area contributed by atoms with Gasteiger partial charge < -0.3 is 14.4 Å². The van der Waals surface area contributed by atoms with Crippen LogP contribution in [0.2, 0.25) is 10.0 Å². The Morgan fingerprint density at radius 2 is 1.33 bits per heavy atom. The first-order valence-electron chi connectivity index (χ1n) is 16.3. The number of nitrogens with zero attached hydrogens (tertiary/aromatic N) is 3. The van der Waals surface area contributed by atoms with Crippen molar-refractivity contribution >= 4 is 40.9 Å². The summed E-state index contributed by atoms with van der Waals surface area (Å²) in [7, 11) is 0. The van der Waals surface area contributed by atoms with Crippen molar-refractivity contribution in [3.63, 3.8) is 0 Å². The predicted octanol–water partition coefficient (Wildman–Crippen LogP) is 9.52. The fourth-order valence-electron chi connectivity index (χ4n) is 7.22. The second-order valence-electron chi connectivity index (χ2n) is 12.5. The molecule has 5 aromatic carbocycles. The van der Waals surface area contributed by atoms with E-state index < -0.39 is 17.3 Å². The maximum absolute atomic E-state index is 7.10. The zero-order valence-electron chi connectivity index (χ0n) is 26.7. The third-order valence-corrected chi connectivity index (χ3v) is 10.4. The molecule has 6 nitrogen and oxygen atoms in total. The van der Waals surface area contributed by atoms with Gasteiger partial charge >= 0.3 is 5.79 Å². The van der Waals surface area contributed by atoms with Gasteiger partial charge in [0.25, 0.3) is 5.90 Å². The SMILES string of the molecule is C[C@H](c1ccccc1)N1C/C(=C/c2ccccc2Cl)[C@]2(ON=C(c3ccccc3)O2)C2(C1)ON=C(c1ccccc1)[C@H]2c1ccccc1Cl. The van der Waals surface area contributed by atoms with Crippen LogP contribution in [0.25, 0.3) is 6.08 Å². The summed E-state index contributed by atoms with van der Waals surface area (Å²) in [6, 6.07) is 45.8.